The number of hydrogen-bond acceptors (Lipinski definition) is 3. The fourth-order valence-electron chi connectivity index (χ4n) is 2.11. The van der Waals surface area contributed by atoms with E-state index in [1.165, 1.54) is 11.8 Å². The van der Waals surface area contributed by atoms with Crippen LogP contribution in [-0.2, 0) is 9.59 Å². The van der Waals surface area contributed by atoms with Gasteiger partial charge in [0.15, 0.2) is 0 Å². The number of carbonyl (C=O) groups excluding carboxylic acids is 2. The van der Waals surface area contributed by atoms with Crippen LogP contribution in [-0.4, -0.2) is 23.3 Å². The predicted molar refractivity (Wildman–Crippen MR) is 102 cm³/mol. The molecule has 0 aliphatic rings. The first-order valence-corrected chi connectivity index (χ1v) is 8.97. The minimum atomic E-state index is -0.145. The Hall–Kier alpha value is -1.98. The summed E-state index contributed by atoms with van der Waals surface area (Å²) in [5, 5.41) is 6.27. The van der Waals surface area contributed by atoms with E-state index in [2.05, 4.69) is 10.6 Å². The monoisotopic (exact) mass is 362 g/mol. The van der Waals surface area contributed by atoms with Gasteiger partial charge < -0.3 is 10.6 Å². The first-order chi connectivity index (χ1) is 11.4. The minimum absolute atomic E-state index is 0.124. The van der Waals surface area contributed by atoms with E-state index in [9.17, 15) is 9.59 Å². The zero-order valence-electron chi connectivity index (χ0n) is 13.6. The molecule has 126 valence electrons. The van der Waals surface area contributed by atoms with Gasteiger partial charge in [-0.25, -0.2) is 0 Å². The molecule has 0 spiro atoms. The van der Waals surface area contributed by atoms with Crippen molar-refractivity contribution in [3.05, 3.63) is 58.6 Å². The smallest absolute Gasteiger partial charge is 0.234 e. The Kier molecular flexibility index (Phi) is 6.70. The lowest BCUT2D eigenvalue weighted by molar-refractivity contribution is -0.114. The maximum Gasteiger partial charge on any atom is 0.234 e. The normalized spacial score (nSPS) is 10.3. The summed E-state index contributed by atoms with van der Waals surface area (Å²) in [6.07, 6.45) is 0. The molecule has 0 heterocycles. The van der Waals surface area contributed by atoms with Gasteiger partial charge in [-0.1, -0.05) is 23.7 Å². The van der Waals surface area contributed by atoms with Gasteiger partial charge in [-0.05, 0) is 55.3 Å². The summed E-state index contributed by atoms with van der Waals surface area (Å²) < 4.78 is 0. The molecule has 6 heteroatoms. The van der Waals surface area contributed by atoms with Crippen molar-refractivity contribution in [2.75, 3.05) is 22.1 Å². The standard InChI is InChI=1S/C18H19ClN2O2S/c1-12-4-3-5-15(8-12)20-17(22)10-24-11-18(23)21-16-7-6-14(19)9-13(16)2/h3-9H,10-11H2,1-2H3,(H,20,22)(H,21,23). The van der Waals surface area contributed by atoms with Crippen LogP contribution in [0.1, 0.15) is 11.1 Å². The highest BCUT2D eigenvalue weighted by Crippen LogP contribution is 2.19. The van der Waals surface area contributed by atoms with Gasteiger partial charge in [0.1, 0.15) is 0 Å². The van der Waals surface area contributed by atoms with Gasteiger partial charge in [0, 0.05) is 16.4 Å². The summed E-state index contributed by atoms with van der Waals surface area (Å²) in [6.45, 7) is 3.84. The summed E-state index contributed by atoms with van der Waals surface area (Å²) >= 11 is 7.16. The molecule has 2 amide bonds. The third-order valence-electron chi connectivity index (χ3n) is 3.23. The Bertz CT molecular complexity index is 750. The number of anilines is 2. The zero-order valence-corrected chi connectivity index (χ0v) is 15.1. The molecule has 2 aromatic carbocycles. The Morgan fingerprint density at radius 1 is 1.00 bits per heavy atom. The van der Waals surface area contributed by atoms with E-state index in [1.807, 2.05) is 38.1 Å². The Morgan fingerprint density at radius 3 is 2.38 bits per heavy atom. The van der Waals surface area contributed by atoms with Crippen LogP contribution in [0.4, 0.5) is 11.4 Å². The number of carbonyl (C=O) groups is 2. The van der Waals surface area contributed by atoms with Gasteiger partial charge in [-0.3, -0.25) is 9.59 Å². The molecule has 0 fully saturated rings. The van der Waals surface area contributed by atoms with Crippen molar-refractivity contribution in [2.24, 2.45) is 0 Å². The highest BCUT2D eigenvalue weighted by molar-refractivity contribution is 8.00. The Morgan fingerprint density at radius 2 is 1.71 bits per heavy atom. The third-order valence-corrected chi connectivity index (χ3v) is 4.40. The number of nitrogens with one attached hydrogen (secondary N) is 2. The number of hydrogen-bond donors (Lipinski definition) is 2. The van der Waals surface area contributed by atoms with Crippen LogP contribution in [0.15, 0.2) is 42.5 Å². The molecule has 0 atom stereocenters. The van der Waals surface area contributed by atoms with Crippen molar-refractivity contribution >= 4 is 46.6 Å². The molecule has 2 aromatic rings. The minimum Gasteiger partial charge on any atom is -0.325 e. The van der Waals surface area contributed by atoms with E-state index in [-0.39, 0.29) is 23.3 Å². The Balaban J connectivity index is 1.75. The first kappa shape index (κ1) is 18.4. The number of halogens is 1. The highest BCUT2D eigenvalue weighted by atomic mass is 35.5. The maximum absolute atomic E-state index is 11.9. The molecule has 0 bridgehead atoms. The summed E-state index contributed by atoms with van der Waals surface area (Å²) in [5.41, 5.74) is 3.48. The van der Waals surface area contributed by atoms with Gasteiger partial charge >= 0.3 is 0 Å². The van der Waals surface area contributed by atoms with Crippen molar-refractivity contribution in [3.63, 3.8) is 0 Å². The second kappa shape index (κ2) is 8.76. The van der Waals surface area contributed by atoms with E-state index in [0.29, 0.717) is 5.02 Å². The highest BCUT2D eigenvalue weighted by Gasteiger charge is 2.08. The summed E-state index contributed by atoms with van der Waals surface area (Å²) in [6, 6.07) is 12.9. The van der Waals surface area contributed by atoms with Crippen molar-refractivity contribution in [1.82, 2.24) is 0 Å². The quantitative estimate of drug-likeness (QED) is 0.806. The van der Waals surface area contributed by atoms with Crippen molar-refractivity contribution in [2.45, 2.75) is 13.8 Å². The third kappa shape index (κ3) is 5.91. The SMILES string of the molecule is Cc1cccc(NC(=O)CSCC(=O)Nc2ccc(Cl)cc2C)c1. The molecule has 2 rings (SSSR count). The molecule has 2 N–H and O–H groups in total. The topological polar surface area (TPSA) is 58.2 Å². The van der Waals surface area contributed by atoms with Crippen LogP contribution < -0.4 is 10.6 Å². The van der Waals surface area contributed by atoms with Crippen LogP contribution in [0.25, 0.3) is 0 Å². The summed E-state index contributed by atoms with van der Waals surface area (Å²) in [7, 11) is 0. The van der Waals surface area contributed by atoms with Gasteiger partial charge in [-0.15, -0.1) is 11.8 Å². The summed E-state index contributed by atoms with van der Waals surface area (Å²) in [5.74, 6) is 0.166. The second-order valence-corrected chi connectivity index (χ2v) is 6.84. The van der Waals surface area contributed by atoms with E-state index in [4.69, 9.17) is 11.6 Å². The lowest BCUT2D eigenvalue weighted by Gasteiger charge is -2.09. The molecule has 0 saturated heterocycles. The van der Waals surface area contributed by atoms with Crippen molar-refractivity contribution in [3.8, 4) is 0 Å². The van der Waals surface area contributed by atoms with Crippen LogP contribution >= 0.6 is 23.4 Å². The van der Waals surface area contributed by atoms with Crippen molar-refractivity contribution in [1.29, 1.82) is 0 Å². The predicted octanol–water partition coefficient (Wildman–Crippen LogP) is 4.27. The molecule has 0 unspecified atom stereocenters. The molecule has 0 aliphatic heterocycles. The largest absolute Gasteiger partial charge is 0.325 e. The van der Waals surface area contributed by atoms with Gasteiger partial charge in [0.25, 0.3) is 0 Å². The van der Waals surface area contributed by atoms with E-state index in [1.54, 1.807) is 18.2 Å². The lowest BCUT2D eigenvalue weighted by atomic mass is 10.2. The number of thioether (sulfide) groups is 1. The van der Waals surface area contributed by atoms with Crippen LogP contribution in [0, 0.1) is 13.8 Å². The van der Waals surface area contributed by atoms with Gasteiger partial charge in [0.2, 0.25) is 11.8 Å². The molecule has 0 aliphatic carbocycles. The molecule has 0 saturated carbocycles. The second-order valence-electron chi connectivity index (χ2n) is 5.42. The zero-order chi connectivity index (χ0) is 17.5. The maximum atomic E-state index is 11.9. The van der Waals surface area contributed by atoms with E-state index >= 15 is 0 Å². The Labute approximate surface area is 151 Å². The average Bonchev–Trinajstić information content (AvgIpc) is 2.50. The van der Waals surface area contributed by atoms with Crippen LogP contribution in [0.3, 0.4) is 0 Å². The molecule has 0 aromatic heterocycles. The van der Waals surface area contributed by atoms with Crippen LogP contribution in [0.2, 0.25) is 5.02 Å². The fourth-order valence-corrected chi connectivity index (χ4v) is 2.95. The fraction of sp³-hybridized carbons (Fsp3) is 0.222. The number of rotatable bonds is 6. The van der Waals surface area contributed by atoms with Gasteiger partial charge in [-0.2, -0.15) is 0 Å². The van der Waals surface area contributed by atoms with E-state index in [0.717, 1.165) is 22.5 Å². The average molecular weight is 363 g/mol. The molecular formula is C18H19ClN2O2S. The number of amides is 2. The number of benzene rings is 2. The first-order valence-electron chi connectivity index (χ1n) is 7.44. The van der Waals surface area contributed by atoms with E-state index < -0.39 is 0 Å². The van der Waals surface area contributed by atoms with Crippen LogP contribution in [0.5, 0.6) is 0 Å². The van der Waals surface area contributed by atoms with Crippen molar-refractivity contribution < 1.29 is 9.59 Å². The molecule has 0 radical (unpaired) electrons. The molecule has 24 heavy (non-hydrogen) atoms. The number of aryl methyl sites for hydroxylation is 2. The summed E-state index contributed by atoms with van der Waals surface area (Å²) in [4.78, 5) is 23.8. The van der Waals surface area contributed by atoms with Gasteiger partial charge in [0.05, 0.1) is 11.5 Å². The molecule has 4 nitrogen and oxygen atoms in total. The molecular weight excluding hydrogens is 344 g/mol. The lowest BCUT2D eigenvalue weighted by Crippen LogP contribution is -2.18.